The van der Waals surface area contributed by atoms with Gasteiger partial charge in [-0.3, -0.25) is 29.3 Å². The average Bonchev–Trinajstić information content (AvgIpc) is 4.05. The second kappa shape index (κ2) is 14.9. The number of anilines is 5. The Kier molecular flexibility index (Phi) is 9.57. The molecule has 4 fully saturated rings. The molecule has 3 saturated heterocycles. The lowest BCUT2D eigenvalue weighted by Crippen LogP contribution is -2.53. The molecule has 15 nitrogen and oxygen atoms in total. The number of hydrogen-bond acceptors (Lipinski definition) is 12. The highest BCUT2D eigenvalue weighted by atomic mass is 35.5. The van der Waals surface area contributed by atoms with Crippen molar-refractivity contribution in [1.82, 2.24) is 34.5 Å². The van der Waals surface area contributed by atoms with E-state index in [2.05, 4.69) is 41.7 Å². The van der Waals surface area contributed by atoms with Gasteiger partial charge in [-0.05, 0) is 62.3 Å². The first kappa shape index (κ1) is 38.6. The van der Waals surface area contributed by atoms with E-state index in [4.69, 9.17) is 26.4 Å². The number of carbonyl (C=O) groups excluding carboxylic acids is 2. The van der Waals surface area contributed by atoms with Crippen molar-refractivity contribution in [3.63, 3.8) is 0 Å². The van der Waals surface area contributed by atoms with Gasteiger partial charge in [0.2, 0.25) is 23.5 Å². The van der Waals surface area contributed by atoms with Crippen LogP contribution in [0.5, 0.6) is 5.75 Å². The molecule has 60 heavy (non-hydrogen) atoms. The number of benzene rings is 2. The zero-order chi connectivity index (χ0) is 41.4. The smallest absolute Gasteiger partial charge is 0.301 e. The van der Waals surface area contributed by atoms with Crippen molar-refractivity contribution in [3.05, 3.63) is 63.7 Å². The summed E-state index contributed by atoms with van der Waals surface area (Å²) < 4.78 is 39.1. The molecule has 18 heteroatoms. The normalized spacial score (nSPS) is 22.6. The molecule has 5 aliphatic rings. The van der Waals surface area contributed by atoms with Crippen LogP contribution in [0.2, 0.25) is 5.02 Å². The zero-order valence-electron chi connectivity index (χ0n) is 33.4. The van der Waals surface area contributed by atoms with Crippen molar-refractivity contribution in [2.24, 2.45) is 20.0 Å². The van der Waals surface area contributed by atoms with Gasteiger partial charge in [0.25, 0.3) is 5.56 Å². The molecular formula is C42H46ClF2N11O4. The van der Waals surface area contributed by atoms with Crippen molar-refractivity contribution in [2.45, 2.75) is 62.4 Å². The number of rotatable bonds is 7. The van der Waals surface area contributed by atoms with Crippen LogP contribution in [0, 0.1) is 5.92 Å². The Hall–Kier alpha value is -5.55. The minimum Gasteiger partial charge on any atom is -0.480 e. The summed E-state index contributed by atoms with van der Waals surface area (Å²) in [5, 5.41) is 15.5. The summed E-state index contributed by atoms with van der Waals surface area (Å²) in [6.45, 7) is 4.13. The molecule has 0 spiro atoms. The van der Waals surface area contributed by atoms with Gasteiger partial charge in [-0.1, -0.05) is 23.7 Å². The van der Waals surface area contributed by atoms with Crippen molar-refractivity contribution >= 4 is 74.0 Å². The molecule has 2 amide bonds. The number of aromatic nitrogens is 5. The minimum absolute atomic E-state index is 0.110. The van der Waals surface area contributed by atoms with Gasteiger partial charge in [0.15, 0.2) is 12.4 Å². The van der Waals surface area contributed by atoms with Crippen LogP contribution in [0.25, 0.3) is 21.8 Å². The maximum Gasteiger partial charge on any atom is 0.301 e. The Morgan fingerprint density at radius 1 is 0.933 bits per heavy atom. The molecule has 0 bridgehead atoms. The van der Waals surface area contributed by atoms with E-state index in [0.29, 0.717) is 65.1 Å². The maximum atomic E-state index is 15.2. The highest BCUT2D eigenvalue weighted by Crippen LogP contribution is 2.46. The topological polar surface area (TPSA) is 155 Å². The number of imide groups is 1. The molecule has 3 N–H and O–H groups in total. The lowest BCUT2D eigenvalue weighted by molar-refractivity contribution is -0.134. The van der Waals surface area contributed by atoms with Gasteiger partial charge >= 0.3 is 5.92 Å². The molecule has 2 aromatic carbocycles. The monoisotopic (exact) mass is 841 g/mol. The summed E-state index contributed by atoms with van der Waals surface area (Å²) in [7, 11) is 3.52. The largest absolute Gasteiger partial charge is 0.480 e. The number of aryl methyl sites for hydroxylation is 2. The first-order valence-electron chi connectivity index (χ1n) is 20.7. The summed E-state index contributed by atoms with van der Waals surface area (Å²) >= 11 is 6.64. The highest BCUT2D eigenvalue weighted by molar-refractivity contribution is 6.33. The Morgan fingerprint density at radius 3 is 2.47 bits per heavy atom. The maximum absolute atomic E-state index is 15.2. The molecule has 5 aromatic rings. The SMILES string of the molecule is Cn1nc(C2CCC(=O)NC2=O)c2cccc(N3CCC(N4CCN(c5ncc(Cl)c(Nc6ccc7c(c6)c6c(c(=O)n7C)OCC(F)(F)C(C7CC7)N6)n5)CC4)CC3)c21. The van der Waals surface area contributed by atoms with Crippen LogP contribution in [-0.2, 0) is 23.7 Å². The van der Waals surface area contributed by atoms with Crippen LogP contribution in [-0.4, -0.2) is 105 Å². The molecule has 1 aliphatic carbocycles. The van der Waals surface area contributed by atoms with Crippen molar-refractivity contribution < 1.29 is 23.1 Å². The molecular weight excluding hydrogens is 796 g/mol. The summed E-state index contributed by atoms with van der Waals surface area (Å²) in [6.07, 6.45) is 5.77. The van der Waals surface area contributed by atoms with E-state index in [9.17, 15) is 14.4 Å². The van der Waals surface area contributed by atoms with Gasteiger partial charge in [-0.2, -0.15) is 10.1 Å². The fourth-order valence-electron chi connectivity index (χ4n) is 9.59. The predicted molar refractivity (Wildman–Crippen MR) is 225 cm³/mol. The number of pyridine rings is 1. The number of nitrogens with zero attached hydrogens (tertiary/aromatic N) is 8. The third-order valence-electron chi connectivity index (χ3n) is 13.0. The fourth-order valence-corrected chi connectivity index (χ4v) is 9.73. The van der Waals surface area contributed by atoms with Gasteiger partial charge < -0.3 is 29.7 Å². The molecule has 2 atom stereocenters. The second-order valence-corrected chi connectivity index (χ2v) is 17.1. The lowest BCUT2D eigenvalue weighted by atomic mass is 9.92. The van der Waals surface area contributed by atoms with Gasteiger partial charge in [0, 0.05) is 82.3 Å². The van der Waals surface area contributed by atoms with Crippen LogP contribution in [0.3, 0.4) is 0 Å². The number of amides is 2. The summed E-state index contributed by atoms with van der Waals surface area (Å²) in [5.41, 5.74) is 3.82. The number of carbonyl (C=O) groups is 2. The number of fused-ring (bicyclic) bond motifs is 4. The van der Waals surface area contributed by atoms with E-state index < -0.39 is 30.0 Å². The lowest BCUT2D eigenvalue weighted by Gasteiger charge is -2.43. The number of ether oxygens (including phenoxy) is 1. The Balaban J connectivity index is 0.803. The average molecular weight is 842 g/mol. The number of halogens is 3. The minimum atomic E-state index is -3.13. The summed E-state index contributed by atoms with van der Waals surface area (Å²) in [5.74, 6) is -3.42. The van der Waals surface area contributed by atoms with Crippen molar-refractivity contribution in [1.29, 1.82) is 0 Å². The third kappa shape index (κ3) is 6.84. The number of alkyl halides is 2. The quantitative estimate of drug-likeness (QED) is 0.186. The first-order valence-corrected chi connectivity index (χ1v) is 21.1. The zero-order valence-corrected chi connectivity index (χ0v) is 34.1. The molecule has 2 unspecified atom stereocenters. The van der Waals surface area contributed by atoms with E-state index in [1.807, 2.05) is 23.9 Å². The fraction of sp³-hybridized carbons (Fsp3) is 0.476. The van der Waals surface area contributed by atoms with E-state index in [-0.39, 0.29) is 29.2 Å². The molecule has 1 saturated carbocycles. The third-order valence-corrected chi connectivity index (χ3v) is 13.2. The van der Waals surface area contributed by atoms with Crippen LogP contribution in [0.4, 0.5) is 37.6 Å². The second-order valence-electron chi connectivity index (χ2n) is 16.7. The molecule has 0 radical (unpaired) electrons. The molecule has 3 aromatic heterocycles. The van der Waals surface area contributed by atoms with Crippen LogP contribution >= 0.6 is 11.6 Å². The predicted octanol–water partition coefficient (Wildman–Crippen LogP) is 5.14. The van der Waals surface area contributed by atoms with E-state index in [1.54, 1.807) is 31.4 Å². The van der Waals surface area contributed by atoms with Crippen LogP contribution < -0.4 is 36.0 Å². The van der Waals surface area contributed by atoms with Crippen LogP contribution in [0.15, 0.2) is 47.4 Å². The Morgan fingerprint density at radius 2 is 1.72 bits per heavy atom. The van der Waals surface area contributed by atoms with Gasteiger partial charge in [-0.15, -0.1) is 0 Å². The molecule has 7 heterocycles. The standard InChI is InChI=1S/C42H46ClF2N11O4/c1-52-30-10-8-24(20-28(30)34-36(40(52)59)60-22-42(44,45)37(49-34)23-6-7-23)47-38-29(43)21-46-41(50-38)56-18-16-54(17-19-56)25-12-14-55(15-13-25)31-5-3-4-26-33(51-53(2)35(26)31)27-9-11-32(57)48-39(27)58/h3-5,8,10,20-21,23,25,27,37,49H,6-7,9,11-19,22H2,1-2H3,(H,46,47,50)(H,48,57,58). The highest BCUT2D eigenvalue weighted by Gasteiger charge is 2.51. The van der Waals surface area contributed by atoms with E-state index in [0.717, 1.165) is 74.4 Å². The van der Waals surface area contributed by atoms with Gasteiger partial charge in [0.05, 0.1) is 46.3 Å². The van der Waals surface area contributed by atoms with Gasteiger partial charge in [0.1, 0.15) is 5.02 Å². The summed E-state index contributed by atoms with van der Waals surface area (Å²) in [4.78, 5) is 54.3. The first-order chi connectivity index (χ1) is 28.9. The number of piperazine rings is 1. The van der Waals surface area contributed by atoms with Crippen molar-refractivity contribution in [3.8, 4) is 5.75 Å². The number of piperidine rings is 2. The van der Waals surface area contributed by atoms with E-state index >= 15 is 8.78 Å². The van der Waals surface area contributed by atoms with E-state index in [1.165, 1.54) is 4.57 Å². The molecule has 10 rings (SSSR count). The number of nitrogens with one attached hydrogen (secondary N) is 3. The van der Waals surface area contributed by atoms with Crippen LogP contribution in [0.1, 0.15) is 50.1 Å². The van der Waals surface area contributed by atoms with Gasteiger partial charge in [-0.25, -0.2) is 13.8 Å². The summed E-state index contributed by atoms with van der Waals surface area (Å²) in [6, 6.07) is 10.9. The Bertz CT molecular complexity index is 2600. The Labute approximate surface area is 349 Å². The van der Waals surface area contributed by atoms with Crippen molar-refractivity contribution in [2.75, 3.05) is 66.3 Å². The number of hydrogen-bond donors (Lipinski definition) is 3. The number of para-hydroxylation sites is 1. The molecule has 4 aliphatic heterocycles. The molecule has 314 valence electrons.